The van der Waals surface area contributed by atoms with Crippen LogP contribution in [0.1, 0.15) is 24.5 Å². The smallest absolute Gasteiger partial charge is 0.328 e. The summed E-state index contributed by atoms with van der Waals surface area (Å²) >= 11 is 0. The summed E-state index contributed by atoms with van der Waals surface area (Å²) in [6.45, 7) is 6.21. The lowest BCUT2D eigenvalue weighted by Crippen LogP contribution is -2.42. The molecule has 0 amide bonds. The molecule has 0 bridgehead atoms. The van der Waals surface area contributed by atoms with E-state index in [4.69, 9.17) is 4.74 Å². The van der Waals surface area contributed by atoms with E-state index in [1.54, 1.807) is 6.92 Å². The second-order valence-corrected chi connectivity index (χ2v) is 5.04. The molecule has 0 aromatic heterocycles. The van der Waals surface area contributed by atoms with Crippen molar-refractivity contribution in [2.45, 2.75) is 33.2 Å². The van der Waals surface area contributed by atoms with Crippen molar-refractivity contribution in [2.75, 3.05) is 18.1 Å². The van der Waals surface area contributed by atoms with E-state index in [0.29, 0.717) is 13.0 Å². The lowest BCUT2D eigenvalue weighted by molar-refractivity contribution is -0.139. The number of cyclic esters (lactones) is 1. The van der Waals surface area contributed by atoms with Crippen molar-refractivity contribution in [3.8, 4) is 0 Å². The highest BCUT2D eigenvalue weighted by Crippen LogP contribution is 2.29. The molecule has 1 aromatic rings. The van der Waals surface area contributed by atoms with Gasteiger partial charge in [0.1, 0.15) is 11.8 Å². The molecule has 4 heteroatoms. The Balaban J connectivity index is 2.42. The monoisotopic (exact) mass is 261 g/mol. The molecule has 0 spiro atoms. The summed E-state index contributed by atoms with van der Waals surface area (Å²) in [4.78, 5) is 25.2. The summed E-state index contributed by atoms with van der Waals surface area (Å²) in [6, 6.07) is 5.63. The van der Waals surface area contributed by atoms with Crippen LogP contribution in [0.25, 0.3) is 0 Å². The fourth-order valence-corrected chi connectivity index (χ4v) is 2.61. The van der Waals surface area contributed by atoms with Gasteiger partial charge in [0.05, 0.1) is 13.2 Å². The molecule has 0 aliphatic carbocycles. The van der Waals surface area contributed by atoms with Crippen molar-refractivity contribution in [1.82, 2.24) is 0 Å². The van der Waals surface area contributed by atoms with Gasteiger partial charge in [-0.1, -0.05) is 18.2 Å². The number of ketones is 1. The van der Waals surface area contributed by atoms with E-state index in [0.717, 1.165) is 16.8 Å². The Bertz CT molecular complexity index is 490. The maximum Gasteiger partial charge on any atom is 0.328 e. The zero-order valence-corrected chi connectivity index (χ0v) is 11.6. The molecule has 1 unspecified atom stereocenters. The zero-order valence-electron chi connectivity index (χ0n) is 11.6. The summed E-state index contributed by atoms with van der Waals surface area (Å²) < 4.78 is 5.04. The van der Waals surface area contributed by atoms with Crippen LogP contribution in [0.3, 0.4) is 0 Å². The van der Waals surface area contributed by atoms with Gasteiger partial charge in [0, 0.05) is 12.1 Å². The van der Waals surface area contributed by atoms with E-state index >= 15 is 0 Å². The summed E-state index contributed by atoms with van der Waals surface area (Å²) in [5, 5.41) is 0. The number of carbonyl (C=O) groups excluding carboxylic acids is 2. The molecule has 1 aromatic carbocycles. The van der Waals surface area contributed by atoms with Gasteiger partial charge in [0.15, 0.2) is 0 Å². The molecule has 1 atom stereocenters. The Kier molecular flexibility index (Phi) is 3.88. The topological polar surface area (TPSA) is 46.6 Å². The molecule has 4 nitrogen and oxygen atoms in total. The number of esters is 1. The molecule has 0 radical (unpaired) electrons. The first-order valence-electron chi connectivity index (χ1n) is 6.49. The van der Waals surface area contributed by atoms with Crippen molar-refractivity contribution in [2.24, 2.45) is 0 Å². The molecule has 0 saturated carbocycles. The number of aryl methyl sites for hydroxylation is 2. The number of Topliss-reactive ketones (excluding diaryl/α,β-unsaturated/α-hetero) is 1. The molecule has 102 valence electrons. The van der Waals surface area contributed by atoms with Gasteiger partial charge in [0.25, 0.3) is 0 Å². The average molecular weight is 261 g/mol. The van der Waals surface area contributed by atoms with Crippen LogP contribution in [-0.4, -0.2) is 30.9 Å². The highest BCUT2D eigenvalue weighted by Gasteiger charge is 2.34. The molecule has 0 N–H and O–H groups in total. The maximum absolute atomic E-state index is 11.8. The van der Waals surface area contributed by atoms with Crippen molar-refractivity contribution in [1.29, 1.82) is 0 Å². The second-order valence-electron chi connectivity index (χ2n) is 5.04. The number of para-hydroxylation sites is 1. The first-order chi connectivity index (χ1) is 9.00. The molecule has 1 aliphatic heterocycles. The molecule has 1 fully saturated rings. The Morgan fingerprint density at radius 2 is 2.00 bits per heavy atom. The van der Waals surface area contributed by atoms with Crippen LogP contribution in [0.4, 0.5) is 5.69 Å². The molecule has 19 heavy (non-hydrogen) atoms. The Morgan fingerprint density at radius 1 is 1.37 bits per heavy atom. The molecule has 2 rings (SSSR count). The van der Waals surface area contributed by atoms with Gasteiger partial charge in [-0.2, -0.15) is 0 Å². The van der Waals surface area contributed by atoms with Crippen molar-refractivity contribution < 1.29 is 14.3 Å². The summed E-state index contributed by atoms with van der Waals surface area (Å²) in [6.07, 6.45) is 0.639. The minimum absolute atomic E-state index is 0.0438. The number of hydrogen-bond donors (Lipinski definition) is 0. The highest BCUT2D eigenvalue weighted by molar-refractivity contribution is 5.88. The highest BCUT2D eigenvalue weighted by atomic mass is 16.5. The van der Waals surface area contributed by atoms with Crippen LogP contribution < -0.4 is 4.90 Å². The normalized spacial score (nSPS) is 18.3. The number of ether oxygens (including phenoxy) is 1. The number of nitrogens with zero attached hydrogens (tertiary/aromatic N) is 1. The maximum atomic E-state index is 11.8. The zero-order chi connectivity index (χ0) is 14.0. The third kappa shape index (κ3) is 2.78. The average Bonchev–Trinajstić information content (AvgIpc) is 2.73. The van der Waals surface area contributed by atoms with E-state index in [1.165, 1.54) is 0 Å². The fraction of sp³-hybridized carbons (Fsp3) is 0.467. The first-order valence-corrected chi connectivity index (χ1v) is 6.49. The molecular formula is C15H19NO3. The minimum Gasteiger partial charge on any atom is -0.464 e. The number of benzene rings is 1. The quantitative estimate of drug-likeness (QED) is 0.778. The lowest BCUT2D eigenvalue weighted by Gasteiger charge is -2.30. The standard InChI is InChI=1S/C15H19NO3/c1-10-5-4-6-11(2)14(10)16(9-12(3)17)13-7-8-19-15(13)18/h4-6,13H,7-9H2,1-3H3. The second kappa shape index (κ2) is 5.43. The van der Waals surface area contributed by atoms with E-state index in [2.05, 4.69) is 0 Å². The van der Waals surface area contributed by atoms with Crippen molar-refractivity contribution >= 4 is 17.4 Å². The predicted molar refractivity (Wildman–Crippen MR) is 73.3 cm³/mol. The number of anilines is 1. The Morgan fingerprint density at radius 3 is 2.47 bits per heavy atom. The fourth-order valence-electron chi connectivity index (χ4n) is 2.61. The van der Waals surface area contributed by atoms with Gasteiger partial charge >= 0.3 is 5.97 Å². The van der Waals surface area contributed by atoms with Crippen LogP contribution >= 0.6 is 0 Å². The molecular weight excluding hydrogens is 242 g/mol. The molecule has 1 heterocycles. The van der Waals surface area contributed by atoms with Crippen molar-refractivity contribution in [3.63, 3.8) is 0 Å². The van der Waals surface area contributed by atoms with E-state index in [-0.39, 0.29) is 24.3 Å². The third-order valence-corrected chi connectivity index (χ3v) is 3.40. The number of carbonyl (C=O) groups is 2. The van der Waals surface area contributed by atoms with E-state index in [9.17, 15) is 9.59 Å². The van der Waals surface area contributed by atoms with Gasteiger partial charge in [-0.25, -0.2) is 4.79 Å². The summed E-state index contributed by atoms with van der Waals surface area (Å²) in [7, 11) is 0. The van der Waals surface area contributed by atoms with E-state index < -0.39 is 0 Å². The predicted octanol–water partition coefficient (Wildman–Crippen LogP) is 2.01. The van der Waals surface area contributed by atoms with Crippen molar-refractivity contribution in [3.05, 3.63) is 29.3 Å². The summed E-state index contributed by atoms with van der Waals surface area (Å²) in [5.41, 5.74) is 3.11. The largest absolute Gasteiger partial charge is 0.464 e. The van der Waals surface area contributed by atoms with Gasteiger partial charge in [-0.3, -0.25) is 4.79 Å². The number of hydrogen-bond acceptors (Lipinski definition) is 4. The molecule has 1 saturated heterocycles. The van der Waals surface area contributed by atoms with Crippen LogP contribution in [0, 0.1) is 13.8 Å². The Hall–Kier alpha value is -1.84. The minimum atomic E-state index is -0.344. The van der Waals surface area contributed by atoms with Crippen LogP contribution in [0.2, 0.25) is 0 Å². The van der Waals surface area contributed by atoms with E-state index in [1.807, 2.05) is 36.9 Å². The third-order valence-electron chi connectivity index (χ3n) is 3.40. The lowest BCUT2D eigenvalue weighted by atomic mass is 10.0. The van der Waals surface area contributed by atoms with Gasteiger partial charge in [-0.05, 0) is 31.9 Å². The first kappa shape index (κ1) is 13.6. The van der Waals surface area contributed by atoms with Crippen LogP contribution in [0.15, 0.2) is 18.2 Å². The molecule has 1 aliphatic rings. The van der Waals surface area contributed by atoms with Gasteiger partial charge in [-0.15, -0.1) is 0 Å². The van der Waals surface area contributed by atoms with Gasteiger partial charge in [0.2, 0.25) is 0 Å². The Labute approximate surface area is 113 Å². The van der Waals surface area contributed by atoms with Gasteiger partial charge < -0.3 is 9.64 Å². The van der Waals surface area contributed by atoms with Crippen LogP contribution in [0.5, 0.6) is 0 Å². The number of rotatable bonds is 4. The SMILES string of the molecule is CC(=O)CN(c1c(C)cccc1C)C1CCOC1=O. The van der Waals surface area contributed by atoms with Crippen LogP contribution in [-0.2, 0) is 14.3 Å². The summed E-state index contributed by atoms with van der Waals surface area (Å²) in [5.74, 6) is -0.189.